The molecule has 0 unspecified atom stereocenters. The molecule has 3 N–H and O–H groups in total. The summed E-state index contributed by atoms with van der Waals surface area (Å²) >= 11 is 0. The quantitative estimate of drug-likeness (QED) is 0.285. The first-order chi connectivity index (χ1) is 21.0. The van der Waals surface area contributed by atoms with Crippen LogP contribution in [0.15, 0.2) is 42.6 Å². The van der Waals surface area contributed by atoms with E-state index in [-0.39, 0.29) is 42.4 Å². The number of aliphatic hydroxyl groups is 1. The summed E-state index contributed by atoms with van der Waals surface area (Å²) in [6.07, 6.45) is 5.14. The number of ether oxygens (including phenoxy) is 1. The predicted molar refractivity (Wildman–Crippen MR) is 159 cm³/mol. The Morgan fingerprint density at radius 2 is 1.89 bits per heavy atom. The van der Waals surface area contributed by atoms with Gasteiger partial charge < -0.3 is 20.5 Å². The Balaban J connectivity index is 1.32. The Morgan fingerprint density at radius 3 is 2.57 bits per heavy atom. The fourth-order valence-corrected chi connectivity index (χ4v) is 7.59. The van der Waals surface area contributed by atoms with Crippen LogP contribution in [-0.4, -0.2) is 44.9 Å². The molecular formula is C33H33F2N5O4. The van der Waals surface area contributed by atoms with E-state index in [1.165, 1.54) is 11.0 Å². The number of rotatable bonds is 9. The molecule has 2 amide bonds. The number of hydrogen-bond donors (Lipinski definition) is 2. The van der Waals surface area contributed by atoms with E-state index < -0.39 is 17.5 Å². The number of halogens is 2. The average molecular weight is 602 g/mol. The maximum absolute atomic E-state index is 13.9. The molecule has 0 atom stereocenters. The highest BCUT2D eigenvalue weighted by Crippen LogP contribution is 2.73. The molecule has 4 aromatic rings. The second-order valence-electron chi connectivity index (χ2n) is 13.2. The van der Waals surface area contributed by atoms with Crippen molar-refractivity contribution in [1.82, 2.24) is 14.8 Å². The molecule has 0 radical (unpaired) electrons. The van der Waals surface area contributed by atoms with Gasteiger partial charge in [-0.25, -0.2) is 18.4 Å². The highest BCUT2D eigenvalue weighted by molar-refractivity contribution is 6.09. The van der Waals surface area contributed by atoms with Crippen molar-refractivity contribution in [3.8, 4) is 16.9 Å². The third kappa shape index (κ3) is 4.52. The van der Waals surface area contributed by atoms with Gasteiger partial charge in [-0.2, -0.15) is 5.10 Å². The van der Waals surface area contributed by atoms with Gasteiger partial charge in [0.2, 0.25) is 0 Å². The van der Waals surface area contributed by atoms with Crippen LogP contribution in [0.3, 0.4) is 0 Å². The van der Waals surface area contributed by atoms with Crippen LogP contribution in [0.1, 0.15) is 54.7 Å². The molecule has 0 saturated heterocycles. The topological polar surface area (TPSA) is 124 Å². The number of anilines is 1. The summed E-state index contributed by atoms with van der Waals surface area (Å²) in [6, 6.07) is 8.83. The molecule has 3 saturated carbocycles. The summed E-state index contributed by atoms with van der Waals surface area (Å²) in [5.41, 5.74) is 9.91. The van der Waals surface area contributed by atoms with Crippen LogP contribution in [0, 0.1) is 28.4 Å². The number of fused-ring (bicyclic) bond motifs is 2. The summed E-state index contributed by atoms with van der Waals surface area (Å²) < 4.78 is 35.1. The number of carbonyl (C=O) groups excluding carboxylic acids is 2. The Morgan fingerprint density at radius 1 is 1.11 bits per heavy atom. The first-order valence-electron chi connectivity index (χ1n) is 14.8. The second-order valence-corrected chi connectivity index (χ2v) is 13.2. The number of amides is 2. The minimum absolute atomic E-state index is 0.0302. The van der Waals surface area contributed by atoms with E-state index in [2.05, 4.69) is 13.8 Å². The Kier molecular flexibility index (Phi) is 6.51. The number of aromatic nitrogens is 3. The maximum atomic E-state index is 13.9. The van der Waals surface area contributed by atoms with E-state index >= 15 is 0 Å². The molecule has 2 bridgehead atoms. The number of aliphatic hydroxyl groups excluding tert-OH is 1. The van der Waals surface area contributed by atoms with Crippen LogP contribution in [0.2, 0.25) is 0 Å². The number of nitrogens with two attached hydrogens (primary N) is 1. The van der Waals surface area contributed by atoms with Gasteiger partial charge in [0.15, 0.2) is 23.9 Å². The van der Waals surface area contributed by atoms with E-state index in [4.69, 9.17) is 20.6 Å². The van der Waals surface area contributed by atoms with Crippen molar-refractivity contribution in [2.75, 3.05) is 18.1 Å². The fourth-order valence-electron chi connectivity index (χ4n) is 7.59. The van der Waals surface area contributed by atoms with Gasteiger partial charge in [0.1, 0.15) is 5.75 Å². The minimum Gasteiger partial charge on any atom is -0.482 e. The lowest BCUT2D eigenvalue weighted by atomic mass is 9.35. The van der Waals surface area contributed by atoms with Crippen molar-refractivity contribution in [2.24, 2.45) is 22.5 Å². The number of primary amides is 1. The summed E-state index contributed by atoms with van der Waals surface area (Å²) in [6.45, 7) is 4.78. The lowest BCUT2D eigenvalue weighted by Crippen LogP contribution is -2.64. The molecule has 228 valence electrons. The molecule has 44 heavy (non-hydrogen) atoms. The average Bonchev–Trinajstić information content (AvgIpc) is 3.33. The van der Waals surface area contributed by atoms with Crippen LogP contribution in [0.5, 0.6) is 5.75 Å². The zero-order valence-corrected chi connectivity index (χ0v) is 24.6. The SMILES string of the molecule is CC(C)Cc1nc2c(cnn2CC23CC(CO)(C2)C3)c(-c2ccc3c(c2)OCC(=O)N3Cc2ccc(F)c(F)c2)c1C(N)=O. The zero-order chi connectivity index (χ0) is 31.0. The zero-order valence-electron chi connectivity index (χ0n) is 24.6. The van der Waals surface area contributed by atoms with Crippen LogP contribution in [0.4, 0.5) is 14.5 Å². The smallest absolute Gasteiger partial charge is 0.265 e. The van der Waals surface area contributed by atoms with Crippen molar-refractivity contribution >= 4 is 28.5 Å². The molecule has 8 rings (SSSR count). The van der Waals surface area contributed by atoms with Gasteiger partial charge in [-0.05, 0) is 77.8 Å². The van der Waals surface area contributed by atoms with Crippen LogP contribution in [-0.2, 0) is 24.3 Å². The van der Waals surface area contributed by atoms with Gasteiger partial charge in [0.05, 0.1) is 29.7 Å². The number of carbonyl (C=O) groups is 2. The van der Waals surface area contributed by atoms with E-state index in [0.29, 0.717) is 63.4 Å². The van der Waals surface area contributed by atoms with Gasteiger partial charge in [0, 0.05) is 24.1 Å². The van der Waals surface area contributed by atoms with Gasteiger partial charge in [-0.1, -0.05) is 26.0 Å². The molecule has 11 heteroatoms. The van der Waals surface area contributed by atoms with E-state index in [0.717, 1.165) is 31.4 Å². The van der Waals surface area contributed by atoms with Crippen molar-refractivity contribution in [3.63, 3.8) is 0 Å². The highest BCUT2D eigenvalue weighted by atomic mass is 19.2. The van der Waals surface area contributed by atoms with Crippen molar-refractivity contribution in [2.45, 2.75) is 52.6 Å². The Bertz CT molecular complexity index is 1830. The molecule has 3 fully saturated rings. The lowest BCUT2D eigenvalue weighted by Gasteiger charge is -2.70. The third-order valence-electron chi connectivity index (χ3n) is 9.30. The van der Waals surface area contributed by atoms with Crippen molar-refractivity contribution < 1.29 is 28.2 Å². The molecule has 4 aliphatic rings. The van der Waals surface area contributed by atoms with Crippen LogP contribution >= 0.6 is 0 Å². The van der Waals surface area contributed by atoms with E-state index in [9.17, 15) is 23.5 Å². The van der Waals surface area contributed by atoms with E-state index in [1.807, 2.05) is 4.68 Å². The molecule has 9 nitrogen and oxygen atoms in total. The molecule has 2 aromatic heterocycles. The van der Waals surface area contributed by atoms with Crippen LogP contribution in [0.25, 0.3) is 22.2 Å². The maximum Gasteiger partial charge on any atom is 0.265 e. The fraction of sp³-hybridized carbons (Fsp3) is 0.394. The first-order valence-corrected chi connectivity index (χ1v) is 14.8. The molecule has 3 heterocycles. The molecular weight excluding hydrogens is 568 g/mol. The number of hydrogen-bond acceptors (Lipinski definition) is 6. The third-order valence-corrected chi connectivity index (χ3v) is 9.30. The monoisotopic (exact) mass is 601 g/mol. The number of benzene rings is 2. The number of pyridine rings is 1. The van der Waals surface area contributed by atoms with Gasteiger partial charge in [-0.15, -0.1) is 0 Å². The molecule has 1 aliphatic heterocycles. The Hall–Kier alpha value is -4.38. The summed E-state index contributed by atoms with van der Waals surface area (Å²) in [4.78, 5) is 32.3. The van der Waals surface area contributed by atoms with Gasteiger partial charge >= 0.3 is 0 Å². The summed E-state index contributed by atoms with van der Waals surface area (Å²) in [5, 5.41) is 15.1. The van der Waals surface area contributed by atoms with Crippen molar-refractivity contribution in [1.29, 1.82) is 0 Å². The normalized spacial score (nSPS) is 22.0. The standard InChI is InChI=1S/C33H33F2N5O4/c1-18(2)7-24-29(30(36)43)28(21-10-37-40(31(21)38-24)16-32-13-33(14-32,15-32)17-41)20-4-6-25-26(9-20)44-12-27(42)39(25)11-19-3-5-22(34)23(35)8-19/h3-6,8-10,18,41H,7,11-17H2,1-2H3,(H2,36,43). The number of nitrogens with zero attached hydrogens (tertiary/aromatic N) is 4. The highest BCUT2D eigenvalue weighted by Gasteiger charge is 2.67. The van der Waals surface area contributed by atoms with Crippen molar-refractivity contribution in [3.05, 3.63) is 71.1 Å². The minimum atomic E-state index is -0.987. The summed E-state index contributed by atoms with van der Waals surface area (Å²) in [7, 11) is 0. The lowest BCUT2D eigenvalue weighted by molar-refractivity contribution is -0.230. The molecule has 0 spiro atoms. The molecule has 3 aliphatic carbocycles. The Labute approximate surface area is 252 Å². The largest absolute Gasteiger partial charge is 0.482 e. The molecule has 2 aromatic carbocycles. The van der Waals surface area contributed by atoms with Gasteiger partial charge in [-0.3, -0.25) is 9.59 Å². The predicted octanol–water partition coefficient (Wildman–Crippen LogP) is 4.76. The van der Waals surface area contributed by atoms with Gasteiger partial charge in [0.25, 0.3) is 11.8 Å². The first kappa shape index (κ1) is 28.4. The van der Waals surface area contributed by atoms with E-state index in [1.54, 1.807) is 24.4 Å². The second kappa shape index (κ2) is 10.1. The van der Waals surface area contributed by atoms with Crippen LogP contribution < -0.4 is 15.4 Å². The summed E-state index contributed by atoms with van der Waals surface area (Å²) in [5.74, 6) is -2.26.